The van der Waals surface area contributed by atoms with Gasteiger partial charge in [0.05, 0.1) is 6.26 Å². The molecule has 3 aromatic rings. The highest BCUT2D eigenvalue weighted by Crippen LogP contribution is 2.30. The average molecular weight is 344 g/mol. The Kier molecular flexibility index (Phi) is 4.30. The number of hydrogen-bond donors (Lipinski definition) is 1. The van der Waals surface area contributed by atoms with Crippen LogP contribution in [0, 0.1) is 0 Å². The molecule has 2 nitrogen and oxygen atoms in total. The third kappa shape index (κ3) is 3.30. The Bertz CT molecular complexity index is 721. The van der Waals surface area contributed by atoms with Crippen LogP contribution >= 0.6 is 15.9 Å². The van der Waals surface area contributed by atoms with E-state index < -0.39 is 0 Å². The number of benzene rings is 2. The topological polar surface area (TPSA) is 25.2 Å². The van der Waals surface area contributed by atoms with Gasteiger partial charge < -0.3 is 9.73 Å². The number of nitrogens with one attached hydrogen (secondary N) is 1. The van der Waals surface area contributed by atoms with E-state index in [0.29, 0.717) is 6.04 Å². The highest BCUT2D eigenvalue weighted by atomic mass is 79.9. The van der Waals surface area contributed by atoms with Crippen molar-refractivity contribution in [2.24, 2.45) is 0 Å². The second-order valence-electron chi connectivity index (χ2n) is 5.30. The minimum Gasteiger partial charge on any atom is -0.469 e. The standard InChI is InChI=1S/C18H18BrNO/c1-13(8-9-14-5-4-12-21-14)20-18-11-10-17(19)15-6-2-3-7-16(15)18/h2-7,10-13,20H,8-9H2,1H3. The van der Waals surface area contributed by atoms with Gasteiger partial charge in [-0.1, -0.05) is 40.2 Å². The quantitative estimate of drug-likeness (QED) is 0.649. The zero-order valence-electron chi connectivity index (χ0n) is 12.0. The van der Waals surface area contributed by atoms with Crippen LogP contribution in [0.4, 0.5) is 5.69 Å². The largest absolute Gasteiger partial charge is 0.469 e. The van der Waals surface area contributed by atoms with E-state index in [9.17, 15) is 0 Å². The zero-order valence-corrected chi connectivity index (χ0v) is 13.6. The lowest BCUT2D eigenvalue weighted by Crippen LogP contribution is -2.16. The maximum atomic E-state index is 5.39. The molecule has 0 saturated heterocycles. The van der Waals surface area contributed by atoms with Crippen molar-refractivity contribution in [3.05, 3.63) is 65.0 Å². The summed E-state index contributed by atoms with van der Waals surface area (Å²) in [7, 11) is 0. The number of hydrogen-bond acceptors (Lipinski definition) is 2. The summed E-state index contributed by atoms with van der Waals surface area (Å²) in [6.07, 6.45) is 3.73. The van der Waals surface area contributed by atoms with Gasteiger partial charge in [0.2, 0.25) is 0 Å². The van der Waals surface area contributed by atoms with Gasteiger partial charge >= 0.3 is 0 Å². The van der Waals surface area contributed by atoms with Gasteiger partial charge in [0, 0.05) is 28.0 Å². The normalized spacial score (nSPS) is 12.5. The number of halogens is 1. The van der Waals surface area contributed by atoms with Crippen molar-refractivity contribution in [1.29, 1.82) is 0 Å². The van der Waals surface area contributed by atoms with Gasteiger partial charge in [-0.25, -0.2) is 0 Å². The molecule has 0 aliphatic rings. The molecule has 0 saturated carbocycles. The number of fused-ring (bicyclic) bond motifs is 1. The van der Waals surface area contributed by atoms with Gasteiger partial charge in [-0.2, -0.15) is 0 Å². The van der Waals surface area contributed by atoms with E-state index in [0.717, 1.165) is 23.1 Å². The molecule has 0 aliphatic carbocycles. The SMILES string of the molecule is CC(CCc1ccco1)Nc1ccc(Br)c2ccccc12. The average Bonchev–Trinajstić information content (AvgIpc) is 3.02. The lowest BCUT2D eigenvalue weighted by atomic mass is 10.1. The Morgan fingerprint density at radius 3 is 2.62 bits per heavy atom. The van der Waals surface area contributed by atoms with Crippen LogP contribution in [0.3, 0.4) is 0 Å². The molecule has 0 amide bonds. The van der Waals surface area contributed by atoms with Gasteiger partial charge in [0.15, 0.2) is 0 Å². The molecule has 3 heteroatoms. The molecule has 3 rings (SSSR count). The molecule has 0 radical (unpaired) electrons. The zero-order chi connectivity index (χ0) is 14.7. The first-order valence-electron chi connectivity index (χ1n) is 7.20. The van der Waals surface area contributed by atoms with Crippen LogP contribution in [0.2, 0.25) is 0 Å². The van der Waals surface area contributed by atoms with Gasteiger partial charge in [-0.15, -0.1) is 0 Å². The third-order valence-electron chi connectivity index (χ3n) is 3.68. The molecule has 21 heavy (non-hydrogen) atoms. The molecular weight excluding hydrogens is 326 g/mol. The molecular formula is C18H18BrNO. The van der Waals surface area contributed by atoms with Gasteiger partial charge in [-0.05, 0) is 43.0 Å². The van der Waals surface area contributed by atoms with Crippen LogP contribution in [0.1, 0.15) is 19.1 Å². The first-order chi connectivity index (χ1) is 10.2. The fourth-order valence-corrected chi connectivity index (χ4v) is 3.02. The van der Waals surface area contributed by atoms with Crippen molar-refractivity contribution in [3.63, 3.8) is 0 Å². The molecule has 1 atom stereocenters. The van der Waals surface area contributed by atoms with E-state index in [1.807, 2.05) is 12.1 Å². The predicted octanol–water partition coefficient (Wildman–Crippen LogP) is 5.63. The second-order valence-corrected chi connectivity index (χ2v) is 6.16. The van der Waals surface area contributed by atoms with E-state index >= 15 is 0 Å². The Morgan fingerprint density at radius 1 is 1.05 bits per heavy atom. The maximum absolute atomic E-state index is 5.39. The third-order valence-corrected chi connectivity index (χ3v) is 4.37. The molecule has 2 aromatic carbocycles. The second kappa shape index (κ2) is 6.35. The number of aryl methyl sites for hydroxylation is 1. The lowest BCUT2D eigenvalue weighted by molar-refractivity contribution is 0.495. The number of furan rings is 1. The van der Waals surface area contributed by atoms with Crippen molar-refractivity contribution in [1.82, 2.24) is 0 Å². The smallest absolute Gasteiger partial charge is 0.103 e. The van der Waals surface area contributed by atoms with E-state index in [1.165, 1.54) is 16.5 Å². The summed E-state index contributed by atoms with van der Waals surface area (Å²) in [4.78, 5) is 0. The van der Waals surface area contributed by atoms with Crippen molar-refractivity contribution in [2.45, 2.75) is 25.8 Å². The minimum atomic E-state index is 0.389. The van der Waals surface area contributed by atoms with E-state index in [4.69, 9.17) is 4.42 Å². The highest BCUT2D eigenvalue weighted by molar-refractivity contribution is 9.10. The summed E-state index contributed by atoms with van der Waals surface area (Å²) in [6, 6.07) is 17.0. The molecule has 1 aromatic heterocycles. The first-order valence-corrected chi connectivity index (χ1v) is 7.99. The molecule has 1 heterocycles. The van der Waals surface area contributed by atoms with Gasteiger partial charge in [0.25, 0.3) is 0 Å². The number of anilines is 1. The fraction of sp³-hybridized carbons (Fsp3) is 0.222. The molecule has 0 fully saturated rings. The summed E-state index contributed by atoms with van der Waals surface area (Å²) in [5.41, 5.74) is 1.18. The molecule has 108 valence electrons. The van der Waals surface area contributed by atoms with Gasteiger partial charge in [0.1, 0.15) is 5.76 Å². The number of rotatable bonds is 5. The predicted molar refractivity (Wildman–Crippen MR) is 91.8 cm³/mol. The molecule has 1 unspecified atom stereocenters. The van der Waals surface area contributed by atoms with Crippen LogP contribution in [0.5, 0.6) is 0 Å². The van der Waals surface area contributed by atoms with Crippen molar-refractivity contribution in [3.8, 4) is 0 Å². The fourth-order valence-electron chi connectivity index (χ4n) is 2.54. The molecule has 0 bridgehead atoms. The van der Waals surface area contributed by atoms with Crippen LogP contribution in [0.25, 0.3) is 10.8 Å². The molecule has 0 spiro atoms. The minimum absolute atomic E-state index is 0.389. The Balaban J connectivity index is 1.74. The Morgan fingerprint density at radius 2 is 1.86 bits per heavy atom. The van der Waals surface area contributed by atoms with E-state index in [-0.39, 0.29) is 0 Å². The van der Waals surface area contributed by atoms with Crippen molar-refractivity contribution < 1.29 is 4.42 Å². The van der Waals surface area contributed by atoms with Crippen LogP contribution in [-0.4, -0.2) is 6.04 Å². The summed E-state index contributed by atoms with van der Waals surface area (Å²) >= 11 is 3.61. The van der Waals surface area contributed by atoms with Crippen LogP contribution in [-0.2, 0) is 6.42 Å². The van der Waals surface area contributed by atoms with Crippen LogP contribution < -0.4 is 5.32 Å². The first kappa shape index (κ1) is 14.2. The van der Waals surface area contributed by atoms with E-state index in [1.54, 1.807) is 6.26 Å². The summed E-state index contributed by atoms with van der Waals surface area (Å²) in [6.45, 7) is 2.21. The summed E-state index contributed by atoms with van der Waals surface area (Å²) in [5, 5.41) is 6.10. The molecule has 1 N–H and O–H groups in total. The monoisotopic (exact) mass is 343 g/mol. The van der Waals surface area contributed by atoms with Crippen molar-refractivity contribution in [2.75, 3.05) is 5.32 Å². The Labute approximate surface area is 133 Å². The highest BCUT2D eigenvalue weighted by Gasteiger charge is 2.08. The van der Waals surface area contributed by atoms with Gasteiger partial charge in [-0.3, -0.25) is 0 Å². The van der Waals surface area contributed by atoms with Crippen LogP contribution in [0.15, 0.2) is 63.7 Å². The van der Waals surface area contributed by atoms with E-state index in [2.05, 4.69) is 64.6 Å². The lowest BCUT2D eigenvalue weighted by Gasteiger charge is -2.17. The Hall–Kier alpha value is -1.74. The summed E-state index contributed by atoms with van der Waals surface area (Å²) in [5.74, 6) is 1.05. The summed E-state index contributed by atoms with van der Waals surface area (Å²) < 4.78 is 6.52. The van der Waals surface area contributed by atoms with Crippen molar-refractivity contribution >= 4 is 32.4 Å². The maximum Gasteiger partial charge on any atom is 0.103 e. The molecule has 0 aliphatic heterocycles.